The average molecular weight is 272 g/mol. The first-order chi connectivity index (χ1) is 8.82. The van der Waals surface area contributed by atoms with Gasteiger partial charge in [0.25, 0.3) is 11.6 Å². The first-order valence-corrected chi connectivity index (χ1v) is 4.96. The van der Waals surface area contributed by atoms with Gasteiger partial charge >= 0.3 is 5.97 Å². The van der Waals surface area contributed by atoms with Crippen LogP contribution in [-0.4, -0.2) is 39.7 Å². The predicted octanol–water partition coefficient (Wildman–Crippen LogP) is -0.0908. The largest absolute Gasteiger partial charge is 0.479 e. The summed E-state index contributed by atoms with van der Waals surface area (Å²) in [5.74, 6) is -3.41. The lowest BCUT2D eigenvalue weighted by molar-refractivity contribution is -0.385. The van der Waals surface area contributed by atoms with Gasteiger partial charge in [0, 0.05) is 0 Å². The molecule has 1 aromatic carbocycles. The number of benzene rings is 1. The molecule has 1 unspecified atom stereocenters. The van der Waals surface area contributed by atoms with Gasteiger partial charge in [0.2, 0.25) is 0 Å². The molecule has 8 nitrogen and oxygen atoms in total. The number of halogens is 1. The summed E-state index contributed by atoms with van der Waals surface area (Å²) < 4.78 is 12.8. The van der Waals surface area contributed by atoms with Crippen molar-refractivity contribution in [3.63, 3.8) is 0 Å². The highest BCUT2D eigenvalue weighted by Gasteiger charge is 2.22. The number of hydrogen-bond acceptors (Lipinski definition) is 5. The van der Waals surface area contributed by atoms with Crippen LogP contribution >= 0.6 is 0 Å². The predicted molar refractivity (Wildman–Crippen MR) is 59.0 cm³/mol. The molecule has 0 saturated carbocycles. The molecule has 102 valence electrons. The minimum absolute atomic E-state index is 0.427. The zero-order valence-corrected chi connectivity index (χ0v) is 9.37. The minimum atomic E-state index is -1.83. The smallest absolute Gasteiger partial charge is 0.334 e. The van der Waals surface area contributed by atoms with Gasteiger partial charge in [0.1, 0.15) is 11.4 Å². The van der Waals surface area contributed by atoms with Gasteiger partial charge in [-0.15, -0.1) is 0 Å². The number of aliphatic hydroxyl groups is 1. The van der Waals surface area contributed by atoms with Crippen molar-refractivity contribution in [1.29, 1.82) is 0 Å². The Morgan fingerprint density at radius 2 is 2.11 bits per heavy atom. The molecule has 1 rings (SSSR count). The van der Waals surface area contributed by atoms with E-state index < -0.39 is 46.5 Å². The molecule has 0 fully saturated rings. The van der Waals surface area contributed by atoms with E-state index >= 15 is 0 Å². The van der Waals surface area contributed by atoms with Gasteiger partial charge < -0.3 is 15.5 Å². The number of carbonyl (C=O) groups excluding carboxylic acids is 1. The van der Waals surface area contributed by atoms with Gasteiger partial charge in [-0.3, -0.25) is 14.9 Å². The number of nitrogens with zero attached hydrogens (tertiary/aromatic N) is 1. The molecule has 0 saturated heterocycles. The number of carbonyl (C=O) groups is 2. The summed E-state index contributed by atoms with van der Waals surface area (Å²) in [4.78, 5) is 31.6. The van der Waals surface area contributed by atoms with E-state index in [-0.39, 0.29) is 0 Å². The summed E-state index contributed by atoms with van der Waals surface area (Å²) in [7, 11) is 0. The number of rotatable bonds is 5. The lowest BCUT2D eigenvalue weighted by Crippen LogP contribution is -2.36. The minimum Gasteiger partial charge on any atom is -0.479 e. The molecule has 1 atom stereocenters. The number of carboxylic acid groups (broad SMARTS) is 1. The van der Waals surface area contributed by atoms with Crippen molar-refractivity contribution >= 4 is 17.6 Å². The molecule has 0 aromatic heterocycles. The number of carboxylic acids is 1. The van der Waals surface area contributed by atoms with Crippen LogP contribution in [0.3, 0.4) is 0 Å². The van der Waals surface area contributed by atoms with Crippen LogP contribution in [0.5, 0.6) is 0 Å². The number of nitrogens with one attached hydrogen (secondary N) is 1. The number of nitro groups is 1. The van der Waals surface area contributed by atoms with E-state index in [2.05, 4.69) is 0 Å². The lowest BCUT2D eigenvalue weighted by Gasteiger charge is -2.08. The Balaban J connectivity index is 2.88. The fourth-order valence-electron chi connectivity index (χ4n) is 1.22. The van der Waals surface area contributed by atoms with Gasteiger partial charge in [0.05, 0.1) is 17.5 Å². The molecule has 0 spiro atoms. The zero-order chi connectivity index (χ0) is 14.6. The summed E-state index contributed by atoms with van der Waals surface area (Å²) in [5, 5.41) is 30.0. The SMILES string of the molecule is O=C(NCC(O)C(=O)O)c1ccc(F)cc1[N+](=O)[O-]. The average Bonchev–Trinajstić information content (AvgIpc) is 2.35. The van der Waals surface area contributed by atoms with Crippen LogP contribution in [0, 0.1) is 15.9 Å². The molecular weight excluding hydrogens is 263 g/mol. The Kier molecular flexibility index (Phi) is 4.48. The molecule has 19 heavy (non-hydrogen) atoms. The van der Waals surface area contributed by atoms with Crippen molar-refractivity contribution in [2.24, 2.45) is 0 Å². The van der Waals surface area contributed by atoms with Gasteiger partial charge in [0.15, 0.2) is 6.10 Å². The van der Waals surface area contributed by atoms with Crippen molar-refractivity contribution in [1.82, 2.24) is 5.32 Å². The van der Waals surface area contributed by atoms with Crippen LogP contribution in [0.25, 0.3) is 0 Å². The molecule has 0 bridgehead atoms. The normalized spacial score (nSPS) is 11.7. The topological polar surface area (TPSA) is 130 Å². The molecule has 0 aliphatic rings. The first-order valence-electron chi connectivity index (χ1n) is 4.96. The molecule has 9 heteroatoms. The molecule has 0 heterocycles. The number of aliphatic carboxylic acids is 1. The van der Waals surface area contributed by atoms with E-state index in [0.29, 0.717) is 6.07 Å². The van der Waals surface area contributed by atoms with Gasteiger partial charge in [-0.25, -0.2) is 9.18 Å². The van der Waals surface area contributed by atoms with Gasteiger partial charge in [-0.05, 0) is 12.1 Å². The second kappa shape index (κ2) is 5.87. The van der Waals surface area contributed by atoms with E-state index in [4.69, 9.17) is 10.2 Å². The summed E-state index contributed by atoms with van der Waals surface area (Å²) in [5.41, 5.74) is -1.17. The maximum Gasteiger partial charge on any atom is 0.334 e. The van der Waals surface area contributed by atoms with Crippen LogP contribution in [-0.2, 0) is 4.79 Å². The van der Waals surface area contributed by atoms with E-state index in [1.54, 1.807) is 0 Å². The van der Waals surface area contributed by atoms with Gasteiger partial charge in [-0.1, -0.05) is 0 Å². The van der Waals surface area contributed by atoms with Crippen LogP contribution in [0.4, 0.5) is 10.1 Å². The van der Waals surface area contributed by atoms with Crippen molar-refractivity contribution in [2.75, 3.05) is 6.54 Å². The molecule has 1 aromatic rings. The van der Waals surface area contributed by atoms with Crippen molar-refractivity contribution in [2.45, 2.75) is 6.10 Å². The number of amides is 1. The Labute approximate surface area is 105 Å². The molecule has 1 amide bonds. The van der Waals surface area contributed by atoms with Crippen molar-refractivity contribution < 1.29 is 29.1 Å². The fraction of sp³-hybridized carbons (Fsp3) is 0.200. The highest BCUT2D eigenvalue weighted by Crippen LogP contribution is 2.19. The molecular formula is C10H9FN2O6. The summed E-state index contributed by atoms with van der Waals surface area (Å²) in [6, 6.07) is 2.33. The molecule has 0 aliphatic carbocycles. The third kappa shape index (κ3) is 3.71. The van der Waals surface area contributed by atoms with Crippen LogP contribution in [0.15, 0.2) is 18.2 Å². The Bertz CT molecular complexity index is 533. The number of aliphatic hydroxyl groups excluding tert-OH is 1. The number of nitro benzene ring substituents is 1. The first kappa shape index (κ1) is 14.5. The van der Waals surface area contributed by atoms with E-state index in [1.165, 1.54) is 0 Å². The van der Waals surface area contributed by atoms with Crippen LogP contribution in [0.1, 0.15) is 10.4 Å². The molecule has 3 N–H and O–H groups in total. The molecule has 0 radical (unpaired) electrons. The Morgan fingerprint density at radius 1 is 1.47 bits per heavy atom. The Hall–Kier alpha value is -2.55. The van der Waals surface area contributed by atoms with Crippen molar-refractivity contribution in [3.8, 4) is 0 Å². The third-order valence-corrected chi connectivity index (χ3v) is 2.14. The van der Waals surface area contributed by atoms with E-state index in [0.717, 1.165) is 12.1 Å². The highest BCUT2D eigenvalue weighted by atomic mass is 19.1. The molecule has 0 aliphatic heterocycles. The number of hydrogen-bond donors (Lipinski definition) is 3. The van der Waals surface area contributed by atoms with Crippen LogP contribution in [0.2, 0.25) is 0 Å². The second-order valence-electron chi connectivity index (χ2n) is 3.48. The second-order valence-corrected chi connectivity index (χ2v) is 3.48. The Morgan fingerprint density at radius 3 is 2.63 bits per heavy atom. The lowest BCUT2D eigenvalue weighted by atomic mass is 10.1. The van der Waals surface area contributed by atoms with Gasteiger partial charge in [-0.2, -0.15) is 0 Å². The van der Waals surface area contributed by atoms with Crippen molar-refractivity contribution in [3.05, 3.63) is 39.7 Å². The fourth-order valence-corrected chi connectivity index (χ4v) is 1.22. The summed E-state index contributed by atoms with van der Waals surface area (Å²) in [6.07, 6.45) is -1.83. The maximum atomic E-state index is 12.8. The third-order valence-electron chi connectivity index (χ3n) is 2.14. The van der Waals surface area contributed by atoms with E-state index in [1.807, 2.05) is 5.32 Å². The quantitative estimate of drug-likeness (QED) is 0.507. The van der Waals surface area contributed by atoms with E-state index in [9.17, 15) is 24.1 Å². The summed E-state index contributed by atoms with van der Waals surface area (Å²) >= 11 is 0. The van der Waals surface area contributed by atoms with Crippen LogP contribution < -0.4 is 5.32 Å². The summed E-state index contributed by atoms with van der Waals surface area (Å²) in [6.45, 7) is -0.622. The zero-order valence-electron chi connectivity index (χ0n) is 9.37. The monoisotopic (exact) mass is 272 g/mol. The highest BCUT2D eigenvalue weighted by molar-refractivity contribution is 5.98. The standard InChI is InChI=1S/C10H9FN2O6/c11-5-1-2-6(7(3-5)13(18)19)9(15)12-4-8(14)10(16)17/h1-3,8,14H,4H2,(H,12,15)(H,16,17). The maximum absolute atomic E-state index is 12.8.